The normalized spacial score (nSPS) is 9.76. The van der Waals surface area contributed by atoms with Crippen molar-refractivity contribution in [3.63, 3.8) is 0 Å². The van der Waals surface area contributed by atoms with Crippen LogP contribution in [-0.4, -0.2) is 12.6 Å². The third kappa shape index (κ3) is 4.12. The fraction of sp³-hybridized carbons (Fsp3) is 0.0667. The van der Waals surface area contributed by atoms with Gasteiger partial charge in [-0.1, -0.05) is 35.3 Å². The molecule has 0 unspecified atom stereocenters. The Kier molecular flexibility index (Phi) is 5.04. The minimum atomic E-state index is -0.610. The molecule has 0 aromatic heterocycles. The Hall–Kier alpha value is -2.22. The lowest BCUT2D eigenvalue weighted by Crippen LogP contribution is -2.18. The molecule has 21 heavy (non-hydrogen) atoms. The predicted octanol–water partition coefficient (Wildman–Crippen LogP) is 3.85. The van der Waals surface area contributed by atoms with Crippen LogP contribution in [0.5, 0.6) is 11.5 Å². The number of hydrogen-bond donors (Lipinski definition) is 0. The van der Waals surface area contributed by atoms with E-state index in [1.165, 1.54) is 18.2 Å². The molecule has 0 saturated heterocycles. The van der Waals surface area contributed by atoms with Crippen molar-refractivity contribution in [1.29, 1.82) is 5.26 Å². The maximum atomic E-state index is 11.7. The molecule has 2 aromatic rings. The summed E-state index contributed by atoms with van der Waals surface area (Å²) < 4.78 is 10.3. The van der Waals surface area contributed by atoms with E-state index in [2.05, 4.69) is 0 Å². The van der Waals surface area contributed by atoms with E-state index in [0.717, 1.165) is 0 Å². The number of hydrogen-bond acceptors (Lipinski definition) is 4. The highest BCUT2D eigenvalue weighted by molar-refractivity contribution is 6.42. The fourth-order valence-electron chi connectivity index (χ4n) is 1.52. The summed E-state index contributed by atoms with van der Waals surface area (Å²) in [6.07, 6.45) is 0. The van der Waals surface area contributed by atoms with Crippen molar-refractivity contribution in [2.45, 2.75) is 0 Å². The van der Waals surface area contributed by atoms with Crippen LogP contribution < -0.4 is 9.47 Å². The van der Waals surface area contributed by atoms with Gasteiger partial charge < -0.3 is 9.47 Å². The number of rotatable bonds is 4. The number of benzene rings is 2. The van der Waals surface area contributed by atoms with E-state index in [1.54, 1.807) is 24.3 Å². The summed E-state index contributed by atoms with van der Waals surface area (Å²) in [6, 6.07) is 13.1. The summed E-state index contributed by atoms with van der Waals surface area (Å²) in [7, 11) is 0. The molecule has 0 radical (unpaired) electrons. The molecular formula is C15H9Cl2NO3. The number of para-hydroxylation sites is 1. The number of carbonyl (C=O) groups is 1. The molecular weight excluding hydrogens is 313 g/mol. The second kappa shape index (κ2) is 6.98. The summed E-state index contributed by atoms with van der Waals surface area (Å²) in [6.45, 7) is -0.320. The number of carbonyl (C=O) groups excluding carboxylic acids is 1. The summed E-state index contributed by atoms with van der Waals surface area (Å²) >= 11 is 11.6. The molecule has 0 aliphatic heterocycles. The molecule has 0 bridgehead atoms. The molecule has 106 valence electrons. The number of nitrogens with zero attached hydrogens (tertiary/aromatic N) is 1. The van der Waals surface area contributed by atoms with Gasteiger partial charge in [-0.05, 0) is 24.3 Å². The Morgan fingerprint density at radius 2 is 1.90 bits per heavy atom. The summed E-state index contributed by atoms with van der Waals surface area (Å²) in [4.78, 5) is 11.7. The molecule has 0 amide bonds. The summed E-state index contributed by atoms with van der Waals surface area (Å²) in [5.74, 6) is -0.0150. The van der Waals surface area contributed by atoms with Crippen molar-refractivity contribution in [3.8, 4) is 17.6 Å². The Labute approximate surface area is 131 Å². The lowest BCUT2D eigenvalue weighted by atomic mass is 10.2. The first-order valence-electron chi connectivity index (χ1n) is 5.88. The van der Waals surface area contributed by atoms with Crippen molar-refractivity contribution in [1.82, 2.24) is 0 Å². The monoisotopic (exact) mass is 321 g/mol. The van der Waals surface area contributed by atoms with Crippen molar-refractivity contribution in [2.24, 2.45) is 0 Å². The quantitative estimate of drug-likeness (QED) is 0.634. The van der Waals surface area contributed by atoms with Gasteiger partial charge >= 0.3 is 5.97 Å². The van der Waals surface area contributed by atoms with E-state index in [9.17, 15) is 4.79 Å². The van der Waals surface area contributed by atoms with Gasteiger partial charge in [0, 0.05) is 6.07 Å². The van der Waals surface area contributed by atoms with Gasteiger partial charge in [0.2, 0.25) is 0 Å². The van der Waals surface area contributed by atoms with Crippen LogP contribution in [0.25, 0.3) is 0 Å². The smallest absolute Gasteiger partial charge is 0.349 e. The predicted molar refractivity (Wildman–Crippen MR) is 78.7 cm³/mol. The topological polar surface area (TPSA) is 59.3 Å². The first-order valence-corrected chi connectivity index (χ1v) is 6.63. The highest BCUT2D eigenvalue weighted by Crippen LogP contribution is 2.26. The zero-order chi connectivity index (χ0) is 15.2. The van der Waals surface area contributed by atoms with Gasteiger partial charge in [0.05, 0.1) is 15.6 Å². The molecule has 0 heterocycles. The average molecular weight is 322 g/mol. The average Bonchev–Trinajstić information content (AvgIpc) is 2.49. The lowest BCUT2D eigenvalue weighted by Gasteiger charge is -2.08. The largest absolute Gasteiger partial charge is 0.481 e. The molecule has 6 heteroatoms. The molecule has 4 nitrogen and oxygen atoms in total. The van der Waals surface area contributed by atoms with Crippen LogP contribution in [0.3, 0.4) is 0 Å². The highest BCUT2D eigenvalue weighted by Gasteiger charge is 2.09. The minimum Gasteiger partial charge on any atom is -0.481 e. The molecule has 2 rings (SSSR count). The van der Waals surface area contributed by atoms with Crippen LogP contribution in [-0.2, 0) is 4.79 Å². The molecule has 0 aliphatic rings. The van der Waals surface area contributed by atoms with Gasteiger partial charge in [0.25, 0.3) is 0 Å². The second-order valence-electron chi connectivity index (χ2n) is 3.95. The van der Waals surface area contributed by atoms with Gasteiger partial charge in [-0.25, -0.2) is 4.79 Å². The van der Waals surface area contributed by atoms with Gasteiger partial charge in [-0.15, -0.1) is 0 Å². The Balaban J connectivity index is 1.96. The van der Waals surface area contributed by atoms with E-state index in [0.29, 0.717) is 16.3 Å². The van der Waals surface area contributed by atoms with Crippen molar-refractivity contribution in [2.75, 3.05) is 6.61 Å². The standard InChI is InChI=1S/C15H9Cl2NO3/c16-12-6-5-11(7-13(12)17)21-15(19)9-20-14-4-2-1-3-10(14)8-18/h1-7H,9H2. The van der Waals surface area contributed by atoms with E-state index >= 15 is 0 Å². The molecule has 0 spiro atoms. The summed E-state index contributed by atoms with van der Waals surface area (Å²) in [5, 5.41) is 9.56. The van der Waals surface area contributed by atoms with Crippen LogP contribution in [0.1, 0.15) is 5.56 Å². The Morgan fingerprint density at radius 3 is 2.62 bits per heavy atom. The fourth-order valence-corrected chi connectivity index (χ4v) is 1.81. The SMILES string of the molecule is N#Cc1ccccc1OCC(=O)Oc1ccc(Cl)c(Cl)c1. The van der Waals surface area contributed by atoms with Gasteiger partial charge in [0.15, 0.2) is 6.61 Å². The van der Waals surface area contributed by atoms with E-state index in [4.69, 9.17) is 37.9 Å². The Bertz CT molecular complexity index is 710. The zero-order valence-corrected chi connectivity index (χ0v) is 12.2. The number of ether oxygens (including phenoxy) is 2. The third-order valence-corrected chi connectivity index (χ3v) is 3.21. The van der Waals surface area contributed by atoms with E-state index in [-0.39, 0.29) is 17.4 Å². The molecule has 0 saturated carbocycles. The Morgan fingerprint density at radius 1 is 1.14 bits per heavy atom. The van der Waals surface area contributed by atoms with Crippen molar-refractivity contribution in [3.05, 3.63) is 58.1 Å². The molecule has 0 N–H and O–H groups in total. The van der Waals surface area contributed by atoms with Crippen LogP contribution in [0.2, 0.25) is 10.0 Å². The third-order valence-electron chi connectivity index (χ3n) is 2.48. The first-order chi connectivity index (χ1) is 10.1. The van der Waals surface area contributed by atoms with Crippen molar-refractivity contribution >= 4 is 29.2 Å². The van der Waals surface area contributed by atoms with Crippen LogP contribution in [0.4, 0.5) is 0 Å². The summed E-state index contributed by atoms with van der Waals surface area (Å²) in [5.41, 5.74) is 0.347. The van der Waals surface area contributed by atoms with Crippen LogP contribution in [0, 0.1) is 11.3 Å². The highest BCUT2D eigenvalue weighted by atomic mass is 35.5. The number of nitriles is 1. The van der Waals surface area contributed by atoms with Crippen molar-refractivity contribution < 1.29 is 14.3 Å². The zero-order valence-electron chi connectivity index (χ0n) is 10.7. The van der Waals surface area contributed by atoms with Gasteiger partial charge in [0.1, 0.15) is 17.6 Å². The molecule has 0 atom stereocenters. The molecule has 0 aliphatic carbocycles. The maximum absolute atomic E-state index is 11.7. The molecule has 0 fully saturated rings. The minimum absolute atomic E-state index is 0.270. The van der Waals surface area contributed by atoms with Crippen LogP contribution in [0.15, 0.2) is 42.5 Å². The maximum Gasteiger partial charge on any atom is 0.349 e. The van der Waals surface area contributed by atoms with E-state index in [1.807, 2.05) is 6.07 Å². The lowest BCUT2D eigenvalue weighted by molar-refractivity contribution is -0.136. The number of halogens is 2. The second-order valence-corrected chi connectivity index (χ2v) is 4.76. The number of esters is 1. The van der Waals surface area contributed by atoms with Gasteiger partial charge in [-0.3, -0.25) is 0 Å². The molecule has 2 aromatic carbocycles. The van der Waals surface area contributed by atoms with Crippen LogP contribution >= 0.6 is 23.2 Å². The van der Waals surface area contributed by atoms with Gasteiger partial charge in [-0.2, -0.15) is 5.26 Å². The van der Waals surface area contributed by atoms with E-state index < -0.39 is 5.97 Å². The first kappa shape index (κ1) is 15.2.